The van der Waals surface area contributed by atoms with Crippen molar-refractivity contribution in [3.05, 3.63) is 41.4 Å². The number of anilines is 2. The molecule has 1 aliphatic heterocycles. The van der Waals surface area contributed by atoms with Crippen LogP contribution in [-0.2, 0) is 6.42 Å². The Kier molecular flexibility index (Phi) is 5.07. The van der Waals surface area contributed by atoms with Gasteiger partial charge in [0.25, 0.3) is 0 Å². The van der Waals surface area contributed by atoms with Crippen LogP contribution in [0.3, 0.4) is 0 Å². The third-order valence-corrected chi connectivity index (χ3v) is 5.82. The lowest BCUT2D eigenvalue weighted by Crippen LogP contribution is -2.53. The average molecular weight is 383 g/mol. The molecule has 1 unspecified atom stereocenters. The molecule has 7 nitrogen and oxygen atoms in total. The van der Waals surface area contributed by atoms with Gasteiger partial charge in [0, 0.05) is 56.8 Å². The van der Waals surface area contributed by atoms with Gasteiger partial charge in [-0.2, -0.15) is 0 Å². The van der Waals surface area contributed by atoms with Crippen molar-refractivity contribution in [2.24, 2.45) is 5.92 Å². The van der Waals surface area contributed by atoms with E-state index < -0.39 is 0 Å². The van der Waals surface area contributed by atoms with E-state index in [4.69, 9.17) is 4.52 Å². The lowest BCUT2D eigenvalue weighted by Gasteiger charge is -2.43. The number of rotatable bonds is 3. The fourth-order valence-electron chi connectivity index (χ4n) is 4.14. The van der Waals surface area contributed by atoms with Gasteiger partial charge in [0.05, 0.1) is 5.69 Å². The Labute approximate surface area is 166 Å². The Morgan fingerprint density at radius 3 is 3.11 bits per heavy atom. The molecule has 0 radical (unpaired) electrons. The van der Waals surface area contributed by atoms with Gasteiger partial charge in [0.2, 0.25) is 5.88 Å². The highest BCUT2D eigenvalue weighted by Gasteiger charge is 2.33. The van der Waals surface area contributed by atoms with E-state index >= 15 is 0 Å². The van der Waals surface area contributed by atoms with Crippen molar-refractivity contribution in [1.29, 1.82) is 0 Å². The molecule has 2 aliphatic rings. The molecular weight excluding hydrogens is 354 g/mol. The van der Waals surface area contributed by atoms with Crippen LogP contribution in [0.5, 0.6) is 0 Å². The summed E-state index contributed by atoms with van der Waals surface area (Å²) in [5.41, 5.74) is 4.30. The molecule has 28 heavy (non-hydrogen) atoms. The van der Waals surface area contributed by atoms with Crippen LogP contribution >= 0.6 is 0 Å². The van der Waals surface area contributed by atoms with Crippen LogP contribution in [0.2, 0.25) is 0 Å². The lowest BCUT2D eigenvalue weighted by molar-refractivity contribution is 0.172. The molecule has 1 N–H and O–H groups in total. The van der Waals surface area contributed by atoms with E-state index in [1.165, 1.54) is 11.3 Å². The molecule has 0 saturated carbocycles. The lowest BCUT2D eigenvalue weighted by atomic mass is 9.91. The third kappa shape index (κ3) is 3.61. The Bertz CT molecular complexity index is 897. The first kappa shape index (κ1) is 18.5. The monoisotopic (exact) mass is 383 g/mol. The van der Waals surface area contributed by atoms with Crippen molar-refractivity contribution < 1.29 is 10.7 Å². The largest absolute Gasteiger partial charge is 0.369 e. The molecule has 7 heteroatoms. The average Bonchev–Trinajstić information content (AvgIpc) is 3.12. The number of amides is 2. The third-order valence-electron chi connectivity index (χ3n) is 5.82. The number of nitrogens with zero attached hydrogens (tertiary/aromatic N) is 4. The first-order valence-electron chi connectivity index (χ1n) is 9.89. The number of aromatic nitrogens is 2. The first-order chi connectivity index (χ1) is 13.5. The van der Waals surface area contributed by atoms with Crippen LogP contribution in [0.15, 0.2) is 28.9 Å². The Morgan fingerprint density at radius 1 is 1.46 bits per heavy atom. The number of carbonyl (C=O) groups is 1. The van der Waals surface area contributed by atoms with Gasteiger partial charge >= 0.3 is 6.03 Å². The second kappa shape index (κ2) is 7.66. The van der Waals surface area contributed by atoms with Crippen LogP contribution in [0.25, 0.3) is 6.08 Å². The maximum Gasteiger partial charge on any atom is 0.324 e. The highest BCUT2D eigenvalue weighted by molar-refractivity contribution is 5.88. The number of hydrogen-bond donors (Lipinski definition) is 1. The van der Waals surface area contributed by atoms with E-state index in [2.05, 4.69) is 52.5 Å². The summed E-state index contributed by atoms with van der Waals surface area (Å²) >= 11 is 0. The van der Waals surface area contributed by atoms with E-state index in [0.29, 0.717) is 18.3 Å². The number of likely N-dealkylation sites (tertiary alicyclic amines) is 1. The molecule has 2 aromatic rings. The van der Waals surface area contributed by atoms with Gasteiger partial charge in [-0.15, -0.1) is 0 Å². The van der Waals surface area contributed by atoms with Gasteiger partial charge in [0.15, 0.2) is 0 Å². The summed E-state index contributed by atoms with van der Waals surface area (Å²) in [7, 11) is 2.13. The Hall–Kier alpha value is -2.83. The summed E-state index contributed by atoms with van der Waals surface area (Å²) in [6.45, 7) is 5.49. The molecule has 1 fully saturated rings. The number of nitrogens with one attached hydrogen (secondary N) is 1. The van der Waals surface area contributed by atoms with E-state index in [9.17, 15) is 4.79 Å². The van der Waals surface area contributed by atoms with Gasteiger partial charge < -0.3 is 14.3 Å². The fourth-order valence-corrected chi connectivity index (χ4v) is 4.14. The topological polar surface area (TPSA) is 74.5 Å². The number of fused-ring (bicyclic) bond motifs is 1. The molecule has 2 amide bonds. The van der Waals surface area contributed by atoms with Gasteiger partial charge in [0.1, 0.15) is 0 Å². The molecule has 0 aromatic carbocycles. The Morgan fingerprint density at radius 2 is 2.32 bits per heavy atom. The number of allylic oxidation sites excluding steroid dienone is 1. The van der Waals surface area contributed by atoms with E-state index in [-0.39, 0.29) is 13.5 Å². The van der Waals surface area contributed by atoms with Crippen LogP contribution in [0.1, 0.15) is 38.1 Å². The molecular formula is C21H29N5O2. The van der Waals surface area contributed by atoms with Crippen LogP contribution in [-0.4, -0.2) is 47.3 Å². The molecule has 1 aliphatic carbocycles. The van der Waals surface area contributed by atoms with Gasteiger partial charge in [-0.1, -0.05) is 24.2 Å². The molecule has 1 saturated heterocycles. The number of urea groups is 1. The molecule has 150 valence electrons. The zero-order valence-electron chi connectivity index (χ0n) is 16.7. The summed E-state index contributed by atoms with van der Waals surface area (Å²) in [4.78, 5) is 21.4. The first-order valence-corrected chi connectivity index (χ1v) is 9.89. The summed E-state index contributed by atoms with van der Waals surface area (Å²) < 4.78 is 5.12. The smallest absolute Gasteiger partial charge is 0.324 e. The standard InChI is InChI=1S/C21H27N5O2.H2/c1-14-9-11-26(21(27)23-20-12-15(2)24-28-20)13-19(14)25(3)18-8-10-22-17-7-5-4-6-16(17)18;/h4,6,8,10,12,14,19H,5,7,9,11,13H2,1-3H3,(H,23,27);1H/t14-,19?;/m1./s1. The normalized spacial score (nSPS) is 21.3. The van der Waals surface area contributed by atoms with Gasteiger partial charge in [-0.25, -0.2) is 4.79 Å². The van der Waals surface area contributed by atoms with Gasteiger partial charge in [-0.3, -0.25) is 10.3 Å². The maximum atomic E-state index is 12.7. The number of aryl methyl sites for hydroxylation is 2. The summed E-state index contributed by atoms with van der Waals surface area (Å²) in [6, 6.07) is 3.90. The summed E-state index contributed by atoms with van der Waals surface area (Å²) in [5, 5.41) is 6.64. The van der Waals surface area contributed by atoms with Crippen molar-refractivity contribution in [2.75, 3.05) is 30.4 Å². The zero-order chi connectivity index (χ0) is 19.7. The second-order valence-electron chi connectivity index (χ2n) is 7.78. The van der Waals surface area contributed by atoms with Crippen molar-refractivity contribution in [3.63, 3.8) is 0 Å². The van der Waals surface area contributed by atoms with E-state index in [1.807, 2.05) is 18.0 Å². The second-order valence-corrected chi connectivity index (χ2v) is 7.78. The molecule has 2 aromatic heterocycles. The number of likely N-dealkylation sites (N-methyl/N-ethyl adjacent to an activating group) is 1. The van der Waals surface area contributed by atoms with E-state index in [1.54, 1.807) is 6.07 Å². The fraction of sp³-hybridized carbons (Fsp3) is 0.476. The highest BCUT2D eigenvalue weighted by Crippen LogP contribution is 2.32. The molecule has 0 bridgehead atoms. The number of piperidine rings is 1. The van der Waals surface area contributed by atoms with Crippen LogP contribution in [0, 0.1) is 12.8 Å². The highest BCUT2D eigenvalue weighted by atomic mass is 16.5. The number of pyridine rings is 1. The number of carbonyl (C=O) groups excluding carboxylic acids is 1. The minimum absolute atomic E-state index is 0. The minimum Gasteiger partial charge on any atom is -0.369 e. The molecule has 2 atom stereocenters. The van der Waals surface area contributed by atoms with Crippen molar-refractivity contribution in [2.45, 2.75) is 39.2 Å². The SMILES string of the molecule is Cc1cc(NC(=O)N2CC[C@@H](C)C(N(C)c3ccnc4c3C=CCC4)C2)on1.[HH]. The van der Waals surface area contributed by atoms with E-state index in [0.717, 1.165) is 37.2 Å². The maximum absolute atomic E-state index is 12.7. The number of hydrogen-bond acceptors (Lipinski definition) is 5. The molecule has 0 spiro atoms. The van der Waals surface area contributed by atoms with Crippen molar-refractivity contribution in [1.82, 2.24) is 15.0 Å². The summed E-state index contributed by atoms with van der Waals surface area (Å²) in [5.74, 6) is 0.873. The van der Waals surface area contributed by atoms with Crippen molar-refractivity contribution in [3.8, 4) is 0 Å². The Balaban J connectivity index is 0.00000240. The minimum atomic E-state index is -0.141. The predicted octanol–water partition coefficient (Wildman–Crippen LogP) is 3.96. The molecule has 4 rings (SSSR count). The molecule has 3 heterocycles. The van der Waals surface area contributed by atoms with Crippen molar-refractivity contribution >= 4 is 23.7 Å². The predicted molar refractivity (Wildman–Crippen MR) is 112 cm³/mol. The summed E-state index contributed by atoms with van der Waals surface area (Å²) in [6.07, 6.45) is 9.28. The van der Waals surface area contributed by atoms with Crippen LogP contribution in [0.4, 0.5) is 16.4 Å². The van der Waals surface area contributed by atoms with Crippen LogP contribution < -0.4 is 10.2 Å². The zero-order valence-corrected chi connectivity index (χ0v) is 16.7. The quantitative estimate of drug-likeness (QED) is 0.868. The van der Waals surface area contributed by atoms with Gasteiger partial charge in [-0.05, 0) is 38.2 Å².